The Labute approximate surface area is 187 Å². The van der Waals surface area contributed by atoms with Gasteiger partial charge in [-0.05, 0) is 35.7 Å². The van der Waals surface area contributed by atoms with E-state index in [1.54, 1.807) is 12.7 Å². The van der Waals surface area contributed by atoms with E-state index in [1.165, 1.54) is 11.1 Å². The van der Waals surface area contributed by atoms with Gasteiger partial charge in [0, 0.05) is 68.0 Å². The molecule has 4 aromatic rings. The zero-order valence-corrected chi connectivity index (χ0v) is 18.2. The standard InChI is InChI=1S/C25H29FN6/c26-14-21(17-31-10-8-30(9-11-31)16-20-4-2-1-3-5-20)12-22-15-27-25-7-6-23(13-24(22)25)32-18-28-29-19-32/h1-7,13,15,18-19,21,27H,8-12,14,16-17H2. The van der Waals surface area contributed by atoms with E-state index in [-0.39, 0.29) is 12.6 Å². The number of rotatable bonds is 8. The molecule has 0 spiro atoms. The van der Waals surface area contributed by atoms with Crippen LogP contribution in [0.15, 0.2) is 67.4 Å². The van der Waals surface area contributed by atoms with Crippen LogP contribution in [0.1, 0.15) is 11.1 Å². The van der Waals surface area contributed by atoms with Gasteiger partial charge < -0.3 is 9.88 Å². The largest absolute Gasteiger partial charge is 0.361 e. The Hall–Kier alpha value is -3.03. The van der Waals surface area contributed by atoms with Crippen LogP contribution in [-0.4, -0.2) is 68.9 Å². The predicted molar refractivity (Wildman–Crippen MR) is 125 cm³/mol. The number of halogens is 1. The fraction of sp³-hybridized carbons (Fsp3) is 0.360. The Balaban J connectivity index is 1.20. The lowest BCUT2D eigenvalue weighted by Crippen LogP contribution is -2.47. The molecular weight excluding hydrogens is 403 g/mol. The summed E-state index contributed by atoms with van der Waals surface area (Å²) in [7, 11) is 0. The van der Waals surface area contributed by atoms with Crippen LogP contribution in [0.5, 0.6) is 0 Å². The first kappa shape index (κ1) is 20.8. The van der Waals surface area contributed by atoms with Gasteiger partial charge in [0.05, 0.1) is 6.67 Å². The summed E-state index contributed by atoms with van der Waals surface area (Å²) in [5.41, 5.74) is 4.60. The highest BCUT2D eigenvalue weighted by atomic mass is 19.1. The molecule has 2 aromatic heterocycles. The number of H-pyrrole nitrogens is 1. The van der Waals surface area contributed by atoms with Crippen LogP contribution >= 0.6 is 0 Å². The molecule has 0 saturated carbocycles. The fourth-order valence-electron chi connectivity index (χ4n) is 4.65. The van der Waals surface area contributed by atoms with Crippen LogP contribution in [0.2, 0.25) is 0 Å². The Bertz CT molecular complexity index is 1120. The molecule has 1 fully saturated rings. The molecule has 7 heteroatoms. The number of benzene rings is 2. The van der Waals surface area contributed by atoms with Gasteiger partial charge in [0.1, 0.15) is 12.7 Å². The van der Waals surface area contributed by atoms with Crippen molar-refractivity contribution in [2.24, 2.45) is 5.92 Å². The summed E-state index contributed by atoms with van der Waals surface area (Å²) < 4.78 is 15.9. The van der Waals surface area contributed by atoms with Crippen LogP contribution in [0, 0.1) is 5.92 Å². The molecular formula is C25H29FN6. The average molecular weight is 433 g/mol. The van der Waals surface area contributed by atoms with Crippen LogP contribution in [-0.2, 0) is 13.0 Å². The molecule has 0 radical (unpaired) electrons. The minimum atomic E-state index is -0.304. The molecule has 0 amide bonds. The second-order valence-corrected chi connectivity index (χ2v) is 8.70. The van der Waals surface area contributed by atoms with Crippen LogP contribution < -0.4 is 0 Å². The zero-order valence-electron chi connectivity index (χ0n) is 18.2. The van der Waals surface area contributed by atoms with Gasteiger partial charge in [-0.2, -0.15) is 0 Å². The number of fused-ring (bicyclic) bond motifs is 1. The summed E-state index contributed by atoms with van der Waals surface area (Å²) in [6.45, 7) is 5.54. The molecule has 166 valence electrons. The minimum Gasteiger partial charge on any atom is -0.361 e. The van der Waals surface area contributed by atoms with E-state index >= 15 is 0 Å². The molecule has 1 N–H and O–H groups in total. The average Bonchev–Trinajstić information content (AvgIpc) is 3.51. The van der Waals surface area contributed by atoms with E-state index in [1.807, 2.05) is 16.8 Å². The first-order valence-electron chi connectivity index (χ1n) is 11.3. The number of hydrogen-bond acceptors (Lipinski definition) is 4. The summed E-state index contributed by atoms with van der Waals surface area (Å²) >= 11 is 0. The lowest BCUT2D eigenvalue weighted by atomic mass is 9.98. The fourth-order valence-corrected chi connectivity index (χ4v) is 4.65. The molecule has 32 heavy (non-hydrogen) atoms. The lowest BCUT2D eigenvalue weighted by Gasteiger charge is -2.36. The van der Waals surface area contributed by atoms with E-state index < -0.39 is 0 Å². The quantitative estimate of drug-likeness (QED) is 0.461. The highest BCUT2D eigenvalue weighted by Gasteiger charge is 2.21. The van der Waals surface area contributed by atoms with Crippen molar-refractivity contribution >= 4 is 10.9 Å². The second kappa shape index (κ2) is 9.63. The maximum absolute atomic E-state index is 14.0. The topological polar surface area (TPSA) is 53.0 Å². The van der Waals surface area contributed by atoms with Crippen molar-refractivity contribution in [3.8, 4) is 5.69 Å². The van der Waals surface area contributed by atoms with Gasteiger partial charge in [0.15, 0.2) is 0 Å². The number of aromatic nitrogens is 4. The number of nitrogens with zero attached hydrogens (tertiary/aromatic N) is 5. The molecule has 1 aliphatic heterocycles. The monoisotopic (exact) mass is 432 g/mol. The van der Waals surface area contributed by atoms with Crippen molar-refractivity contribution in [1.82, 2.24) is 29.5 Å². The molecule has 1 atom stereocenters. The number of piperazine rings is 1. The molecule has 1 aliphatic rings. The SMILES string of the molecule is FCC(Cc1c[nH]c2ccc(-n3cnnc3)cc12)CN1CCN(Cc2ccccc2)CC1. The maximum atomic E-state index is 14.0. The van der Waals surface area contributed by atoms with Gasteiger partial charge in [0.2, 0.25) is 0 Å². The van der Waals surface area contributed by atoms with Crippen molar-refractivity contribution in [2.45, 2.75) is 13.0 Å². The maximum Gasteiger partial charge on any atom is 0.123 e. The van der Waals surface area contributed by atoms with Crippen molar-refractivity contribution in [2.75, 3.05) is 39.4 Å². The zero-order chi connectivity index (χ0) is 21.8. The third-order valence-corrected chi connectivity index (χ3v) is 6.43. The normalized spacial score (nSPS) is 16.5. The molecule has 1 unspecified atom stereocenters. The van der Waals surface area contributed by atoms with E-state index in [2.05, 4.69) is 67.4 Å². The lowest BCUT2D eigenvalue weighted by molar-refractivity contribution is 0.107. The van der Waals surface area contributed by atoms with Gasteiger partial charge in [-0.3, -0.25) is 13.9 Å². The van der Waals surface area contributed by atoms with Crippen molar-refractivity contribution in [3.63, 3.8) is 0 Å². The molecule has 6 nitrogen and oxygen atoms in total. The first-order chi connectivity index (χ1) is 15.8. The van der Waals surface area contributed by atoms with Crippen molar-refractivity contribution < 1.29 is 4.39 Å². The summed E-state index contributed by atoms with van der Waals surface area (Å²) in [6, 6.07) is 16.8. The smallest absolute Gasteiger partial charge is 0.123 e. The third-order valence-electron chi connectivity index (χ3n) is 6.43. The molecule has 0 aliphatic carbocycles. The Morgan fingerprint density at radius 2 is 1.69 bits per heavy atom. The van der Waals surface area contributed by atoms with Gasteiger partial charge >= 0.3 is 0 Å². The molecule has 1 saturated heterocycles. The van der Waals surface area contributed by atoms with Crippen molar-refractivity contribution in [3.05, 3.63) is 78.5 Å². The van der Waals surface area contributed by atoms with E-state index in [0.29, 0.717) is 0 Å². The molecule has 5 rings (SSSR count). The highest BCUT2D eigenvalue weighted by molar-refractivity contribution is 5.85. The van der Waals surface area contributed by atoms with Crippen molar-refractivity contribution in [1.29, 1.82) is 0 Å². The van der Waals surface area contributed by atoms with E-state index in [9.17, 15) is 4.39 Å². The summed E-state index contributed by atoms with van der Waals surface area (Å²) in [6.07, 6.45) is 6.14. The summed E-state index contributed by atoms with van der Waals surface area (Å²) in [5.74, 6) is -0.00626. The number of alkyl halides is 1. The number of hydrogen-bond donors (Lipinski definition) is 1. The highest BCUT2D eigenvalue weighted by Crippen LogP contribution is 2.25. The van der Waals surface area contributed by atoms with Crippen LogP contribution in [0.3, 0.4) is 0 Å². The number of nitrogens with one attached hydrogen (secondary N) is 1. The summed E-state index contributed by atoms with van der Waals surface area (Å²) in [5, 5.41) is 8.92. The Morgan fingerprint density at radius 1 is 0.938 bits per heavy atom. The van der Waals surface area contributed by atoms with Gasteiger partial charge in [0.25, 0.3) is 0 Å². The Kier molecular flexibility index (Phi) is 6.27. The van der Waals surface area contributed by atoms with E-state index in [0.717, 1.165) is 62.3 Å². The predicted octanol–water partition coefficient (Wildman–Crippen LogP) is 3.69. The molecule has 3 heterocycles. The molecule has 0 bridgehead atoms. The van der Waals surface area contributed by atoms with Crippen LogP contribution in [0.25, 0.3) is 16.6 Å². The summed E-state index contributed by atoms with van der Waals surface area (Å²) in [4.78, 5) is 8.25. The molecule has 2 aromatic carbocycles. The first-order valence-corrected chi connectivity index (χ1v) is 11.3. The second-order valence-electron chi connectivity index (χ2n) is 8.70. The number of aromatic amines is 1. The van der Waals surface area contributed by atoms with Gasteiger partial charge in [-0.15, -0.1) is 10.2 Å². The minimum absolute atomic E-state index is 0.00626. The van der Waals surface area contributed by atoms with Gasteiger partial charge in [-0.25, -0.2) is 0 Å². The van der Waals surface area contributed by atoms with E-state index in [4.69, 9.17) is 0 Å². The van der Waals surface area contributed by atoms with Crippen LogP contribution in [0.4, 0.5) is 4.39 Å². The third kappa shape index (κ3) is 4.74. The Morgan fingerprint density at radius 3 is 2.44 bits per heavy atom. The van der Waals surface area contributed by atoms with Gasteiger partial charge in [-0.1, -0.05) is 30.3 Å².